The lowest BCUT2D eigenvalue weighted by molar-refractivity contribution is 0.0598. The lowest BCUT2D eigenvalue weighted by atomic mass is 10.1. The summed E-state index contributed by atoms with van der Waals surface area (Å²) in [5.74, 6) is 0.719. The molecule has 0 saturated carbocycles. The second-order valence-electron chi connectivity index (χ2n) is 7.26. The van der Waals surface area contributed by atoms with Crippen molar-refractivity contribution in [3.8, 4) is 22.7 Å². The van der Waals surface area contributed by atoms with Crippen LogP contribution in [0.5, 0.6) is 5.75 Å². The maximum Gasteiger partial charge on any atom is 0.341 e. The van der Waals surface area contributed by atoms with Gasteiger partial charge in [-0.25, -0.2) is 9.48 Å². The van der Waals surface area contributed by atoms with E-state index < -0.39 is 5.97 Å². The minimum absolute atomic E-state index is 0.102. The lowest BCUT2D eigenvalue weighted by Crippen LogP contribution is -2.22. The highest BCUT2D eigenvalue weighted by molar-refractivity contribution is 6.00. The molecule has 0 aliphatic carbocycles. The minimum Gasteiger partial charge on any atom is -0.497 e. The monoisotopic (exact) mass is 445 g/mol. The van der Waals surface area contributed by atoms with Crippen LogP contribution in [0, 0.1) is 6.92 Å². The van der Waals surface area contributed by atoms with Crippen molar-refractivity contribution in [2.24, 2.45) is 0 Å². The molecule has 2 heterocycles. The average molecular weight is 445 g/mol. The molecule has 8 heteroatoms. The number of nitrogens with one attached hydrogen (secondary N) is 1. The third kappa shape index (κ3) is 4.64. The quantitative estimate of drug-likeness (QED) is 0.429. The first-order chi connectivity index (χ1) is 16.0. The van der Waals surface area contributed by atoms with Crippen LogP contribution in [0.2, 0.25) is 0 Å². The normalized spacial score (nSPS) is 10.6. The van der Waals surface area contributed by atoms with Crippen molar-refractivity contribution >= 4 is 11.9 Å². The number of nitrogens with zero attached hydrogens (tertiary/aromatic N) is 2. The van der Waals surface area contributed by atoms with Crippen molar-refractivity contribution in [2.45, 2.75) is 13.5 Å². The van der Waals surface area contributed by atoms with E-state index in [0.29, 0.717) is 34.1 Å². The summed E-state index contributed by atoms with van der Waals surface area (Å²) in [4.78, 5) is 25.0. The molecule has 0 saturated heterocycles. The second-order valence-corrected chi connectivity index (χ2v) is 7.26. The number of hydrogen-bond acceptors (Lipinski definition) is 6. The van der Waals surface area contributed by atoms with Crippen molar-refractivity contribution in [2.75, 3.05) is 14.2 Å². The molecule has 0 radical (unpaired) electrons. The first-order valence-corrected chi connectivity index (χ1v) is 10.3. The number of amides is 1. The van der Waals surface area contributed by atoms with Crippen LogP contribution in [0.15, 0.2) is 71.3 Å². The van der Waals surface area contributed by atoms with Crippen LogP contribution in [-0.2, 0) is 11.3 Å². The maximum absolute atomic E-state index is 13.2. The van der Waals surface area contributed by atoms with Gasteiger partial charge in [-0.05, 0) is 37.3 Å². The number of carbonyl (C=O) groups excluding carboxylic acids is 2. The molecule has 0 spiro atoms. The minimum atomic E-state index is -0.488. The molecule has 2 aromatic heterocycles. The number of methoxy groups -OCH3 is 2. The Labute approximate surface area is 190 Å². The van der Waals surface area contributed by atoms with Crippen molar-refractivity contribution < 1.29 is 23.5 Å². The lowest BCUT2D eigenvalue weighted by Gasteiger charge is -2.05. The van der Waals surface area contributed by atoms with E-state index >= 15 is 0 Å². The number of hydrogen-bond donors (Lipinski definition) is 1. The first kappa shape index (κ1) is 21.9. The van der Waals surface area contributed by atoms with E-state index in [-0.39, 0.29) is 12.5 Å². The van der Waals surface area contributed by atoms with E-state index in [9.17, 15) is 9.59 Å². The van der Waals surface area contributed by atoms with Gasteiger partial charge in [-0.15, -0.1) is 0 Å². The molecule has 2 aromatic carbocycles. The van der Waals surface area contributed by atoms with Gasteiger partial charge in [-0.2, -0.15) is 5.10 Å². The third-order valence-electron chi connectivity index (χ3n) is 5.12. The van der Waals surface area contributed by atoms with E-state index in [0.717, 1.165) is 11.3 Å². The highest BCUT2D eigenvalue weighted by Gasteiger charge is 2.20. The fourth-order valence-corrected chi connectivity index (χ4v) is 3.44. The number of ether oxygens (including phenoxy) is 2. The molecule has 0 unspecified atom stereocenters. The van der Waals surface area contributed by atoms with Gasteiger partial charge in [-0.1, -0.05) is 30.3 Å². The summed E-state index contributed by atoms with van der Waals surface area (Å²) in [6.45, 7) is 1.77. The smallest absolute Gasteiger partial charge is 0.341 e. The number of rotatable bonds is 7. The summed E-state index contributed by atoms with van der Waals surface area (Å²) in [5, 5.41) is 7.52. The topological polar surface area (TPSA) is 95.6 Å². The summed E-state index contributed by atoms with van der Waals surface area (Å²) in [7, 11) is 2.89. The fourth-order valence-electron chi connectivity index (χ4n) is 3.44. The highest BCUT2D eigenvalue weighted by atomic mass is 16.5. The molecule has 0 bridgehead atoms. The van der Waals surface area contributed by atoms with Crippen LogP contribution < -0.4 is 10.1 Å². The zero-order chi connectivity index (χ0) is 23.4. The van der Waals surface area contributed by atoms with Gasteiger partial charge in [0.15, 0.2) is 0 Å². The van der Waals surface area contributed by atoms with Gasteiger partial charge in [0.05, 0.1) is 32.0 Å². The van der Waals surface area contributed by atoms with Crippen LogP contribution in [0.25, 0.3) is 16.9 Å². The molecular formula is C25H23N3O5. The van der Waals surface area contributed by atoms with Gasteiger partial charge in [-0.3, -0.25) is 4.79 Å². The van der Waals surface area contributed by atoms with Gasteiger partial charge in [0.25, 0.3) is 5.91 Å². The Balaban J connectivity index is 1.64. The standard InChI is InChI=1S/C25H23N3O5/c1-16-21(25(30)32-3)13-20(33-16)14-26-24(29)22-15-28(18-9-5-4-6-10-18)27-23(22)17-8-7-11-19(12-17)31-2/h4-13,15H,14H2,1-3H3,(H,26,29). The molecular weight excluding hydrogens is 422 g/mol. The predicted molar refractivity (Wildman–Crippen MR) is 122 cm³/mol. The number of carbonyl (C=O) groups is 2. The van der Waals surface area contributed by atoms with E-state index in [1.807, 2.05) is 54.6 Å². The van der Waals surface area contributed by atoms with Crippen molar-refractivity contribution in [1.82, 2.24) is 15.1 Å². The van der Waals surface area contributed by atoms with Crippen LogP contribution in [0.3, 0.4) is 0 Å². The maximum atomic E-state index is 13.2. The van der Waals surface area contributed by atoms with Crippen LogP contribution >= 0.6 is 0 Å². The van der Waals surface area contributed by atoms with E-state index in [1.54, 1.807) is 31.0 Å². The van der Waals surface area contributed by atoms with Crippen LogP contribution in [-0.4, -0.2) is 35.9 Å². The van der Waals surface area contributed by atoms with Gasteiger partial charge in [0, 0.05) is 11.8 Å². The second kappa shape index (κ2) is 9.44. The van der Waals surface area contributed by atoms with Crippen molar-refractivity contribution in [3.05, 3.63) is 89.5 Å². The largest absolute Gasteiger partial charge is 0.497 e. The number of esters is 1. The summed E-state index contributed by atoms with van der Waals surface area (Å²) >= 11 is 0. The molecule has 0 aliphatic rings. The molecule has 1 N–H and O–H groups in total. The number of benzene rings is 2. The van der Waals surface area contributed by atoms with Crippen LogP contribution in [0.1, 0.15) is 32.2 Å². The third-order valence-corrected chi connectivity index (χ3v) is 5.12. The SMILES string of the molecule is COC(=O)c1cc(CNC(=O)c2cn(-c3ccccc3)nc2-c2cccc(OC)c2)oc1C. The van der Waals surface area contributed by atoms with Crippen molar-refractivity contribution in [3.63, 3.8) is 0 Å². The molecule has 8 nitrogen and oxygen atoms in total. The molecule has 4 rings (SSSR count). The summed E-state index contributed by atoms with van der Waals surface area (Å²) in [5.41, 5.74) is 2.81. The zero-order valence-electron chi connectivity index (χ0n) is 18.5. The molecule has 1 amide bonds. The van der Waals surface area contributed by atoms with Crippen LogP contribution in [0.4, 0.5) is 0 Å². The fraction of sp³-hybridized carbons (Fsp3) is 0.160. The van der Waals surface area contributed by atoms with E-state index in [2.05, 4.69) is 10.4 Å². The van der Waals surface area contributed by atoms with Gasteiger partial charge in [0.1, 0.15) is 28.5 Å². The Morgan fingerprint density at radius 3 is 2.55 bits per heavy atom. The van der Waals surface area contributed by atoms with E-state index in [1.165, 1.54) is 7.11 Å². The Kier molecular flexibility index (Phi) is 6.26. The first-order valence-electron chi connectivity index (χ1n) is 10.3. The summed E-state index contributed by atoms with van der Waals surface area (Å²) in [6, 6.07) is 18.5. The molecule has 0 aliphatic heterocycles. The molecule has 168 valence electrons. The number of aromatic nitrogens is 2. The van der Waals surface area contributed by atoms with Gasteiger partial charge in [0.2, 0.25) is 0 Å². The van der Waals surface area contributed by atoms with Gasteiger partial charge < -0.3 is 19.2 Å². The molecule has 0 atom stereocenters. The number of para-hydroxylation sites is 1. The summed E-state index contributed by atoms with van der Waals surface area (Å²) < 4.78 is 17.3. The Bertz CT molecular complexity index is 1290. The molecule has 0 fully saturated rings. The Hall–Kier alpha value is -4.33. The average Bonchev–Trinajstić information content (AvgIpc) is 3.47. The summed E-state index contributed by atoms with van der Waals surface area (Å²) in [6.07, 6.45) is 1.69. The highest BCUT2D eigenvalue weighted by Crippen LogP contribution is 2.27. The molecule has 33 heavy (non-hydrogen) atoms. The predicted octanol–water partition coefficient (Wildman–Crippen LogP) is 4.17. The molecule has 4 aromatic rings. The Morgan fingerprint density at radius 2 is 1.82 bits per heavy atom. The van der Waals surface area contributed by atoms with E-state index in [4.69, 9.17) is 13.9 Å². The Morgan fingerprint density at radius 1 is 1.03 bits per heavy atom. The zero-order valence-corrected chi connectivity index (χ0v) is 18.5. The van der Waals surface area contributed by atoms with Crippen molar-refractivity contribution in [1.29, 1.82) is 0 Å². The number of aryl methyl sites for hydroxylation is 1. The number of furan rings is 1. The van der Waals surface area contributed by atoms with Gasteiger partial charge >= 0.3 is 5.97 Å².